The van der Waals surface area contributed by atoms with Crippen LogP contribution in [0.2, 0.25) is 5.02 Å². The number of rotatable bonds is 2. The van der Waals surface area contributed by atoms with Gasteiger partial charge in [0.05, 0.1) is 22.6 Å². The number of hydrogen-bond donors (Lipinski definition) is 1. The Hall–Kier alpha value is -1.43. The van der Waals surface area contributed by atoms with Crippen molar-refractivity contribution in [3.63, 3.8) is 0 Å². The summed E-state index contributed by atoms with van der Waals surface area (Å²) in [7, 11) is 0. The van der Waals surface area contributed by atoms with E-state index in [2.05, 4.69) is 4.98 Å². The van der Waals surface area contributed by atoms with Gasteiger partial charge in [0.1, 0.15) is 5.82 Å². The van der Waals surface area contributed by atoms with Gasteiger partial charge in [-0.25, -0.2) is 18.2 Å². The van der Waals surface area contributed by atoms with Crippen LogP contribution < -0.4 is 5.73 Å². The summed E-state index contributed by atoms with van der Waals surface area (Å²) >= 11 is 5.54. The summed E-state index contributed by atoms with van der Waals surface area (Å²) in [4.78, 5) is 3.82. The third kappa shape index (κ3) is 1.80. The number of benzene rings is 1. The summed E-state index contributed by atoms with van der Waals surface area (Å²) in [5.74, 6) is -0.776. The van der Waals surface area contributed by atoms with E-state index in [1.807, 2.05) is 0 Å². The maximum atomic E-state index is 13.2. The highest BCUT2D eigenvalue weighted by Gasteiger charge is 2.14. The van der Waals surface area contributed by atoms with Gasteiger partial charge in [-0.2, -0.15) is 0 Å². The molecule has 0 fully saturated rings. The van der Waals surface area contributed by atoms with E-state index in [9.17, 15) is 13.2 Å². The van der Waals surface area contributed by atoms with Gasteiger partial charge in [0.25, 0.3) is 6.43 Å². The highest BCUT2D eigenvalue weighted by Crippen LogP contribution is 2.25. The molecule has 2 N–H and O–H groups in total. The molecule has 7 heteroatoms. The molecule has 86 valence electrons. The van der Waals surface area contributed by atoms with Crippen molar-refractivity contribution < 1.29 is 13.2 Å². The molecule has 2 rings (SSSR count). The van der Waals surface area contributed by atoms with Crippen LogP contribution in [0.4, 0.5) is 19.1 Å². The van der Waals surface area contributed by atoms with Crippen LogP contribution in [0.15, 0.2) is 12.1 Å². The Kier molecular flexibility index (Phi) is 2.67. The standard InChI is InChI=1S/C9H7ClF3N3/c10-4-1-6-7(2-5(4)11)16(3-8(12)13)9(14)15-6/h1-2,8H,3H2,(H2,14,15). The highest BCUT2D eigenvalue weighted by molar-refractivity contribution is 6.31. The van der Waals surface area contributed by atoms with Crippen molar-refractivity contribution in [2.24, 2.45) is 0 Å². The number of anilines is 1. The maximum Gasteiger partial charge on any atom is 0.256 e. The van der Waals surface area contributed by atoms with E-state index in [4.69, 9.17) is 17.3 Å². The number of imidazole rings is 1. The van der Waals surface area contributed by atoms with Gasteiger partial charge >= 0.3 is 0 Å². The lowest BCUT2D eigenvalue weighted by molar-refractivity contribution is 0.128. The lowest BCUT2D eigenvalue weighted by atomic mass is 10.3. The first-order valence-corrected chi connectivity index (χ1v) is 4.75. The van der Waals surface area contributed by atoms with E-state index in [0.29, 0.717) is 5.52 Å². The second-order valence-electron chi connectivity index (χ2n) is 3.23. The van der Waals surface area contributed by atoms with Crippen LogP contribution >= 0.6 is 11.6 Å². The zero-order chi connectivity index (χ0) is 11.9. The predicted octanol–water partition coefficient (Wildman–Crippen LogP) is 2.68. The van der Waals surface area contributed by atoms with Crippen LogP contribution in [-0.2, 0) is 6.54 Å². The fourth-order valence-corrected chi connectivity index (χ4v) is 1.63. The van der Waals surface area contributed by atoms with Gasteiger partial charge < -0.3 is 10.3 Å². The molecule has 0 atom stereocenters. The third-order valence-corrected chi connectivity index (χ3v) is 2.43. The predicted molar refractivity (Wildman–Crippen MR) is 55.1 cm³/mol. The van der Waals surface area contributed by atoms with Crippen molar-refractivity contribution in [2.45, 2.75) is 13.0 Å². The summed E-state index contributed by atoms with van der Waals surface area (Å²) in [5.41, 5.74) is 5.96. The molecule has 1 heterocycles. The Bertz CT molecular complexity index is 538. The number of nitrogens with two attached hydrogens (primary N) is 1. The average Bonchev–Trinajstić information content (AvgIpc) is 2.45. The highest BCUT2D eigenvalue weighted by atomic mass is 35.5. The molecule has 0 amide bonds. The van der Waals surface area contributed by atoms with Crippen LogP contribution in [0.25, 0.3) is 11.0 Å². The first-order chi connectivity index (χ1) is 7.49. The molecule has 3 nitrogen and oxygen atoms in total. The Morgan fingerprint density at radius 1 is 1.44 bits per heavy atom. The van der Waals surface area contributed by atoms with Crippen molar-refractivity contribution in [1.82, 2.24) is 9.55 Å². The molecule has 0 spiro atoms. The first kappa shape index (κ1) is 11.1. The van der Waals surface area contributed by atoms with Gasteiger partial charge in [0.2, 0.25) is 5.95 Å². The molecule has 0 aliphatic rings. The number of hydrogen-bond acceptors (Lipinski definition) is 2. The minimum atomic E-state index is -2.58. The molecule has 0 saturated carbocycles. The van der Waals surface area contributed by atoms with E-state index in [0.717, 1.165) is 10.6 Å². The Morgan fingerprint density at radius 2 is 2.12 bits per heavy atom. The smallest absolute Gasteiger partial charge is 0.256 e. The van der Waals surface area contributed by atoms with Gasteiger partial charge in [-0.3, -0.25) is 0 Å². The second-order valence-corrected chi connectivity index (χ2v) is 3.63. The molecule has 0 saturated heterocycles. The minimum Gasteiger partial charge on any atom is -0.369 e. The second kappa shape index (κ2) is 3.86. The first-order valence-electron chi connectivity index (χ1n) is 4.38. The Balaban J connectivity index is 2.64. The van der Waals surface area contributed by atoms with Crippen molar-refractivity contribution >= 4 is 28.6 Å². The maximum absolute atomic E-state index is 13.2. The fraction of sp³-hybridized carbons (Fsp3) is 0.222. The van der Waals surface area contributed by atoms with Gasteiger partial charge in [-0.1, -0.05) is 11.6 Å². The van der Waals surface area contributed by atoms with Crippen molar-refractivity contribution in [1.29, 1.82) is 0 Å². The van der Waals surface area contributed by atoms with Gasteiger partial charge in [0.15, 0.2) is 0 Å². The van der Waals surface area contributed by atoms with E-state index >= 15 is 0 Å². The summed E-state index contributed by atoms with van der Waals surface area (Å²) in [5, 5.41) is -0.116. The fourth-order valence-electron chi connectivity index (χ4n) is 1.47. The summed E-state index contributed by atoms with van der Waals surface area (Å²) in [6.45, 7) is -0.622. The van der Waals surface area contributed by atoms with Crippen LogP contribution in [0.3, 0.4) is 0 Å². The molecule has 16 heavy (non-hydrogen) atoms. The van der Waals surface area contributed by atoms with Crippen molar-refractivity contribution in [3.8, 4) is 0 Å². The molecule has 1 aromatic carbocycles. The number of nitrogen functional groups attached to an aromatic ring is 1. The van der Waals surface area contributed by atoms with Crippen LogP contribution in [0, 0.1) is 5.82 Å². The van der Waals surface area contributed by atoms with Crippen LogP contribution in [-0.4, -0.2) is 16.0 Å². The average molecular weight is 250 g/mol. The van der Waals surface area contributed by atoms with Crippen LogP contribution in [0.1, 0.15) is 0 Å². The number of nitrogens with zero attached hydrogens (tertiary/aromatic N) is 2. The molecule has 2 aromatic rings. The van der Waals surface area contributed by atoms with E-state index < -0.39 is 18.8 Å². The zero-order valence-corrected chi connectivity index (χ0v) is 8.68. The Morgan fingerprint density at radius 3 is 2.75 bits per heavy atom. The largest absolute Gasteiger partial charge is 0.369 e. The summed E-state index contributed by atoms with van der Waals surface area (Å²) < 4.78 is 38.8. The Labute approximate surface area is 93.6 Å². The molecule has 0 aliphatic carbocycles. The molecule has 0 aliphatic heterocycles. The topological polar surface area (TPSA) is 43.8 Å². The SMILES string of the molecule is Nc1nc2cc(Cl)c(F)cc2n1CC(F)F. The van der Waals surface area contributed by atoms with E-state index in [-0.39, 0.29) is 16.5 Å². The van der Waals surface area contributed by atoms with Crippen molar-refractivity contribution in [3.05, 3.63) is 23.0 Å². The number of fused-ring (bicyclic) bond motifs is 1. The van der Waals surface area contributed by atoms with Gasteiger partial charge in [-0.15, -0.1) is 0 Å². The third-order valence-electron chi connectivity index (χ3n) is 2.14. The number of halogens is 4. The normalized spacial score (nSPS) is 11.6. The zero-order valence-electron chi connectivity index (χ0n) is 7.92. The minimum absolute atomic E-state index is 0.0861. The lowest BCUT2D eigenvalue weighted by Crippen LogP contribution is -2.09. The lowest BCUT2D eigenvalue weighted by Gasteiger charge is -2.05. The number of alkyl halides is 2. The van der Waals surface area contributed by atoms with E-state index in [1.54, 1.807) is 0 Å². The van der Waals surface area contributed by atoms with E-state index in [1.165, 1.54) is 6.07 Å². The molecule has 0 unspecified atom stereocenters. The molecule has 0 bridgehead atoms. The van der Waals surface area contributed by atoms with Gasteiger partial charge in [0, 0.05) is 6.07 Å². The molecule has 1 aromatic heterocycles. The summed E-state index contributed by atoms with van der Waals surface area (Å²) in [6, 6.07) is 2.30. The summed E-state index contributed by atoms with van der Waals surface area (Å²) in [6.07, 6.45) is -2.58. The number of aromatic nitrogens is 2. The monoisotopic (exact) mass is 249 g/mol. The quantitative estimate of drug-likeness (QED) is 0.889. The molecule has 0 radical (unpaired) electrons. The van der Waals surface area contributed by atoms with Crippen LogP contribution in [0.5, 0.6) is 0 Å². The molecular weight excluding hydrogens is 243 g/mol. The molecular formula is C9H7ClF3N3. The van der Waals surface area contributed by atoms with Gasteiger partial charge in [-0.05, 0) is 6.07 Å². The van der Waals surface area contributed by atoms with Crippen molar-refractivity contribution in [2.75, 3.05) is 5.73 Å².